The molecule has 1 rings (SSSR count). The lowest BCUT2D eigenvalue weighted by molar-refractivity contribution is 0.0599. The molecule has 0 spiro atoms. The first-order chi connectivity index (χ1) is 6.61. The minimum Gasteiger partial charge on any atom is -0.465 e. The molecular weight excluding hydrogens is 180 g/mol. The maximum Gasteiger partial charge on any atom is 0.338 e. The highest BCUT2D eigenvalue weighted by Gasteiger charge is 2.12. The largest absolute Gasteiger partial charge is 0.465 e. The predicted molar refractivity (Wildman–Crippen MR) is 52.6 cm³/mol. The zero-order valence-corrected chi connectivity index (χ0v) is 8.46. The molecule has 0 amide bonds. The van der Waals surface area contributed by atoms with Gasteiger partial charge in [-0.3, -0.25) is 4.79 Å². The summed E-state index contributed by atoms with van der Waals surface area (Å²) in [7, 11) is 1.34. The molecule has 0 bridgehead atoms. The van der Waals surface area contributed by atoms with Crippen LogP contribution in [0.5, 0.6) is 0 Å². The van der Waals surface area contributed by atoms with Gasteiger partial charge in [0, 0.05) is 5.56 Å². The molecule has 0 atom stereocenters. The van der Waals surface area contributed by atoms with Crippen molar-refractivity contribution in [3.05, 3.63) is 34.4 Å². The van der Waals surface area contributed by atoms with Crippen molar-refractivity contribution in [1.82, 2.24) is 0 Å². The molecule has 0 aliphatic carbocycles. The Hall–Kier alpha value is -1.64. The fourth-order valence-corrected chi connectivity index (χ4v) is 1.30. The fourth-order valence-electron chi connectivity index (χ4n) is 1.30. The first-order valence-electron chi connectivity index (χ1n) is 4.25. The normalized spacial score (nSPS) is 9.64. The first kappa shape index (κ1) is 10.4. The summed E-state index contributed by atoms with van der Waals surface area (Å²) in [6.07, 6.45) is 0.781. The summed E-state index contributed by atoms with van der Waals surface area (Å²) in [6, 6.07) is 3.24. The van der Waals surface area contributed by atoms with E-state index in [1.807, 2.05) is 6.92 Å². The third-order valence-electron chi connectivity index (χ3n) is 2.36. The average molecular weight is 192 g/mol. The second-order valence-electron chi connectivity index (χ2n) is 3.06. The number of hydrogen-bond acceptors (Lipinski definition) is 3. The quantitative estimate of drug-likeness (QED) is 0.531. The highest BCUT2D eigenvalue weighted by molar-refractivity contribution is 5.93. The van der Waals surface area contributed by atoms with E-state index in [0.29, 0.717) is 11.1 Å². The number of aldehydes is 1. The highest BCUT2D eigenvalue weighted by Crippen LogP contribution is 2.17. The lowest BCUT2D eigenvalue weighted by Crippen LogP contribution is -2.06. The van der Waals surface area contributed by atoms with E-state index in [1.54, 1.807) is 19.1 Å². The number of rotatable bonds is 2. The number of hydrogen-bond donors (Lipinski definition) is 0. The highest BCUT2D eigenvalue weighted by atomic mass is 16.5. The van der Waals surface area contributed by atoms with Gasteiger partial charge in [-0.25, -0.2) is 4.79 Å². The lowest BCUT2D eigenvalue weighted by Gasteiger charge is -2.08. The molecule has 0 radical (unpaired) electrons. The topological polar surface area (TPSA) is 43.4 Å². The van der Waals surface area contributed by atoms with Crippen LogP contribution in [0.1, 0.15) is 31.8 Å². The van der Waals surface area contributed by atoms with Crippen LogP contribution in [0.15, 0.2) is 12.1 Å². The van der Waals surface area contributed by atoms with Gasteiger partial charge in [-0.1, -0.05) is 6.07 Å². The second kappa shape index (κ2) is 4.05. The van der Waals surface area contributed by atoms with Gasteiger partial charge in [-0.15, -0.1) is 0 Å². The molecule has 14 heavy (non-hydrogen) atoms. The zero-order valence-electron chi connectivity index (χ0n) is 8.46. The number of ether oxygens (including phenoxy) is 1. The van der Waals surface area contributed by atoms with E-state index in [-0.39, 0.29) is 5.97 Å². The first-order valence-corrected chi connectivity index (χ1v) is 4.25. The third kappa shape index (κ3) is 1.66. The molecule has 0 aromatic heterocycles. The van der Waals surface area contributed by atoms with Gasteiger partial charge in [0.05, 0.1) is 12.7 Å². The van der Waals surface area contributed by atoms with E-state index >= 15 is 0 Å². The van der Waals surface area contributed by atoms with Gasteiger partial charge in [-0.2, -0.15) is 0 Å². The number of benzene rings is 1. The molecular formula is C11H12O3. The molecule has 0 saturated heterocycles. The number of carbonyl (C=O) groups is 2. The maximum atomic E-state index is 11.3. The van der Waals surface area contributed by atoms with Gasteiger partial charge in [-0.05, 0) is 31.0 Å². The van der Waals surface area contributed by atoms with Crippen LogP contribution in [-0.2, 0) is 4.74 Å². The molecule has 0 fully saturated rings. The van der Waals surface area contributed by atoms with E-state index in [1.165, 1.54) is 7.11 Å². The Bertz CT molecular complexity index is 380. The van der Waals surface area contributed by atoms with E-state index in [0.717, 1.165) is 17.4 Å². The summed E-state index contributed by atoms with van der Waals surface area (Å²) in [5.74, 6) is -0.372. The van der Waals surface area contributed by atoms with E-state index < -0.39 is 0 Å². The number of carbonyl (C=O) groups excluding carboxylic acids is 2. The van der Waals surface area contributed by atoms with Gasteiger partial charge in [0.2, 0.25) is 0 Å². The van der Waals surface area contributed by atoms with Crippen LogP contribution in [0.3, 0.4) is 0 Å². The molecule has 3 heteroatoms. The Balaban J connectivity index is 3.30. The molecule has 1 aromatic carbocycles. The molecule has 1 aromatic rings. The summed E-state index contributed by atoms with van der Waals surface area (Å²) >= 11 is 0. The Labute approximate surface area is 82.7 Å². The summed E-state index contributed by atoms with van der Waals surface area (Å²) < 4.78 is 4.62. The molecule has 0 N–H and O–H groups in total. The minimum atomic E-state index is -0.372. The molecule has 0 aliphatic rings. The smallest absolute Gasteiger partial charge is 0.338 e. The SMILES string of the molecule is COC(=O)c1ccc(C=O)c(C)c1C. The van der Waals surface area contributed by atoms with Crippen molar-refractivity contribution in [2.45, 2.75) is 13.8 Å². The van der Waals surface area contributed by atoms with Crippen molar-refractivity contribution in [2.24, 2.45) is 0 Å². The van der Waals surface area contributed by atoms with Crippen molar-refractivity contribution in [1.29, 1.82) is 0 Å². The Morgan fingerprint density at radius 2 is 1.93 bits per heavy atom. The third-order valence-corrected chi connectivity index (χ3v) is 2.36. The van der Waals surface area contributed by atoms with E-state index in [4.69, 9.17) is 0 Å². The molecule has 0 unspecified atom stereocenters. The van der Waals surface area contributed by atoms with E-state index in [9.17, 15) is 9.59 Å². The van der Waals surface area contributed by atoms with Gasteiger partial charge in [0.15, 0.2) is 0 Å². The zero-order chi connectivity index (χ0) is 10.7. The summed E-state index contributed by atoms with van der Waals surface area (Å²) in [4.78, 5) is 21.9. The van der Waals surface area contributed by atoms with Crippen molar-refractivity contribution in [3.8, 4) is 0 Å². The average Bonchev–Trinajstić information content (AvgIpc) is 2.21. The van der Waals surface area contributed by atoms with Crippen LogP contribution in [0, 0.1) is 13.8 Å². The minimum absolute atomic E-state index is 0.372. The standard InChI is InChI=1S/C11H12O3/c1-7-8(2)10(11(13)14-3)5-4-9(7)6-12/h4-6H,1-3H3. The van der Waals surface area contributed by atoms with Crippen LogP contribution >= 0.6 is 0 Å². The monoisotopic (exact) mass is 192 g/mol. The summed E-state index contributed by atoms with van der Waals surface area (Å²) in [5.41, 5.74) is 2.73. The molecule has 0 aliphatic heterocycles. The van der Waals surface area contributed by atoms with Crippen molar-refractivity contribution in [2.75, 3.05) is 7.11 Å². The van der Waals surface area contributed by atoms with Crippen LogP contribution in [0.4, 0.5) is 0 Å². The fraction of sp³-hybridized carbons (Fsp3) is 0.273. The Morgan fingerprint density at radius 1 is 1.29 bits per heavy atom. The van der Waals surface area contributed by atoms with Crippen molar-refractivity contribution < 1.29 is 14.3 Å². The molecule has 0 heterocycles. The van der Waals surface area contributed by atoms with Gasteiger partial charge < -0.3 is 4.74 Å². The lowest BCUT2D eigenvalue weighted by atomic mass is 9.99. The molecule has 0 saturated carbocycles. The number of methoxy groups -OCH3 is 1. The summed E-state index contributed by atoms with van der Waals surface area (Å²) in [5, 5.41) is 0. The van der Waals surface area contributed by atoms with Gasteiger partial charge >= 0.3 is 5.97 Å². The van der Waals surface area contributed by atoms with Crippen LogP contribution in [0.2, 0.25) is 0 Å². The van der Waals surface area contributed by atoms with Crippen LogP contribution in [-0.4, -0.2) is 19.4 Å². The van der Waals surface area contributed by atoms with Gasteiger partial charge in [0.25, 0.3) is 0 Å². The van der Waals surface area contributed by atoms with E-state index in [2.05, 4.69) is 4.74 Å². The summed E-state index contributed by atoms with van der Waals surface area (Å²) in [6.45, 7) is 3.61. The van der Waals surface area contributed by atoms with Crippen molar-refractivity contribution >= 4 is 12.3 Å². The van der Waals surface area contributed by atoms with Crippen molar-refractivity contribution in [3.63, 3.8) is 0 Å². The maximum absolute atomic E-state index is 11.3. The van der Waals surface area contributed by atoms with Gasteiger partial charge in [0.1, 0.15) is 6.29 Å². The number of esters is 1. The Kier molecular flexibility index (Phi) is 3.02. The predicted octanol–water partition coefficient (Wildman–Crippen LogP) is 1.90. The molecule has 3 nitrogen and oxygen atoms in total. The van der Waals surface area contributed by atoms with Crippen LogP contribution in [0.25, 0.3) is 0 Å². The Morgan fingerprint density at radius 3 is 2.43 bits per heavy atom. The second-order valence-corrected chi connectivity index (χ2v) is 3.06. The molecule has 74 valence electrons. The van der Waals surface area contributed by atoms with Crippen LogP contribution < -0.4 is 0 Å².